The van der Waals surface area contributed by atoms with Crippen LogP contribution in [0.2, 0.25) is 0 Å². The van der Waals surface area contributed by atoms with Gasteiger partial charge in [-0.2, -0.15) is 0 Å². The Hall–Kier alpha value is -2.43. The van der Waals surface area contributed by atoms with Gasteiger partial charge in [0.2, 0.25) is 0 Å². The van der Waals surface area contributed by atoms with E-state index in [1.165, 1.54) is 24.3 Å². The van der Waals surface area contributed by atoms with E-state index in [-0.39, 0.29) is 17.7 Å². The molecule has 3 nitrogen and oxygen atoms in total. The molecule has 5 heteroatoms. The average molecular weight is 273 g/mol. The Balaban J connectivity index is 1.98. The van der Waals surface area contributed by atoms with Crippen molar-refractivity contribution in [3.8, 4) is 0 Å². The lowest BCUT2D eigenvalue weighted by Crippen LogP contribution is -2.36. The number of guanidine groups is 1. The van der Waals surface area contributed by atoms with Crippen LogP contribution in [-0.2, 0) is 0 Å². The largest absolute Gasteiger partial charge is 0.369 e. The van der Waals surface area contributed by atoms with Crippen molar-refractivity contribution < 1.29 is 8.78 Å². The summed E-state index contributed by atoms with van der Waals surface area (Å²) in [4.78, 5) is 5.99. The van der Waals surface area contributed by atoms with Crippen molar-refractivity contribution in [1.29, 1.82) is 0 Å². The first-order chi connectivity index (χ1) is 9.65. The van der Waals surface area contributed by atoms with E-state index in [0.717, 1.165) is 11.3 Å². The minimum absolute atomic E-state index is 0.170. The van der Waals surface area contributed by atoms with Crippen molar-refractivity contribution in [2.45, 2.75) is 6.04 Å². The fraction of sp³-hybridized carbons (Fsp3) is 0.133. The van der Waals surface area contributed by atoms with Crippen molar-refractivity contribution in [2.75, 3.05) is 11.4 Å². The molecule has 0 fully saturated rings. The molecule has 1 heterocycles. The van der Waals surface area contributed by atoms with Gasteiger partial charge >= 0.3 is 0 Å². The van der Waals surface area contributed by atoms with Gasteiger partial charge in [-0.25, -0.2) is 8.78 Å². The van der Waals surface area contributed by atoms with Crippen LogP contribution in [0.1, 0.15) is 11.6 Å². The van der Waals surface area contributed by atoms with Gasteiger partial charge < -0.3 is 10.6 Å². The fourth-order valence-corrected chi connectivity index (χ4v) is 2.38. The second kappa shape index (κ2) is 4.92. The molecule has 1 unspecified atom stereocenters. The summed E-state index contributed by atoms with van der Waals surface area (Å²) in [5, 5.41) is 0. The zero-order chi connectivity index (χ0) is 14.1. The first-order valence-corrected chi connectivity index (χ1v) is 6.25. The maximum atomic E-state index is 13.4. The highest BCUT2D eigenvalue weighted by Crippen LogP contribution is 2.31. The number of hydrogen-bond donors (Lipinski definition) is 1. The van der Waals surface area contributed by atoms with Crippen molar-refractivity contribution >= 4 is 11.6 Å². The molecule has 0 spiro atoms. The van der Waals surface area contributed by atoms with Gasteiger partial charge in [0.15, 0.2) is 5.96 Å². The van der Waals surface area contributed by atoms with E-state index in [1.807, 2.05) is 6.07 Å². The van der Waals surface area contributed by atoms with Crippen molar-refractivity contribution in [2.24, 2.45) is 10.7 Å². The molecule has 102 valence electrons. The Kier molecular flexibility index (Phi) is 3.10. The normalized spacial score (nSPS) is 18.2. The van der Waals surface area contributed by atoms with E-state index < -0.39 is 0 Å². The predicted molar refractivity (Wildman–Crippen MR) is 74.5 cm³/mol. The van der Waals surface area contributed by atoms with Crippen LogP contribution in [0, 0.1) is 11.6 Å². The monoisotopic (exact) mass is 273 g/mol. The van der Waals surface area contributed by atoms with Crippen molar-refractivity contribution in [3.63, 3.8) is 0 Å². The molecule has 20 heavy (non-hydrogen) atoms. The topological polar surface area (TPSA) is 41.6 Å². The molecule has 0 saturated heterocycles. The molecule has 0 saturated carbocycles. The summed E-state index contributed by atoms with van der Waals surface area (Å²) in [6.45, 7) is 0.451. The first-order valence-electron chi connectivity index (χ1n) is 6.25. The summed E-state index contributed by atoms with van der Waals surface area (Å²) in [6.07, 6.45) is 0. The lowest BCUT2D eigenvalue weighted by molar-refractivity contribution is 0.621. The second-order valence-electron chi connectivity index (χ2n) is 4.62. The number of nitrogens with two attached hydrogens (primary N) is 1. The molecular formula is C15H13F2N3. The van der Waals surface area contributed by atoms with Gasteiger partial charge in [0.1, 0.15) is 11.6 Å². The molecule has 2 aromatic carbocycles. The quantitative estimate of drug-likeness (QED) is 0.914. The number of nitrogens with zero attached hydrogens (tertiary/aromatic N) is 2. The number of hydrogen-bond acceptors (Lipinski definition) is 3. The zero-order valence-electron chi connectivity index (χ0n) is 10.6. The molecule has 1 aliphatic heterocycles. The van der Waals surface area contributed by atoms with Gasteiger partial charge in [0.25, 0.3) is 0 Å². The number of anilines is 1. The number of rotatable bonds is 2. The Morgan fingerprint density at radius 3 is 2.50 bits per heavy atom. The summed E-state index contributed by atoms with van der Waals surface area (Å²) in [6, 6.07) is 12.2. The standard InChI is InChI=1S/C15H13F2N3/c16-11-4-6-13(7-5-11)20-14(9-19-15(20)18)10-2-1-3-12(17)8-10/h1-8,14H,9H2,(H2,18,19). The lowest BCUT2D eigenvalue weighted by atomic mass is 10.1. The Morgan fingerprint density at radius 1 is 1.05 bits per heavy atom. The van der Waals surface area contributed by atoms with E-state index in [9.17, 15) is 8.78 Å². The van der Waals surface area contributed by atoms with Gasteiger partial charge in [-0.3, -0.25) is 4.99 Å². The van der Waals surface area contributed by atoms with Crippen LogP contribution in [0.4, 0.5) is 14.5 Å². The highest BCUT2D eigenvalue weighted by Gasteiger charge is 2.28. The predicted octanol–water partition coefficient (Wildman–Crippen LogP) is 2.84. The molecule has 0 radical (unpaired) electrons. The molecule has 1 atom stereocenters. The Morgan fingerprint density at radius 2 is 1.80 bits per heavy atom. The van der Waals surface area contributed by atoms with E-state index in [2.05, 4.69) is 4.99 Å². The van der Waals surface area contributed by atoms with Gasteiger partial charge in [0, 0.05) is 5.69 Å². The van der Waals surface area contributed by atoms with Crippen LogP contribution in [0.3, 0.4) is 0 Å². The van der Waals surface area contributed by atoms with Crippen LogP contribution in [0.5, 0.6) is 0 Å². The van der Waals surface area contributed by atoms with Crippen LogP contribution < -0.4 is 10.6 Å². The maximum absolute atomic E-state index is 13.4. The average Bonchev–Trinajstić information content (AvgIpc) is 2.82. The molecular weight excluding hydrogens is 260 g/mol. The second-order valence-corrected chi connectivity index (χ2v) is 4.62. The molecule has 2 N–H and O–H groups in total. The summed E-state index contributed by atoms with van der Waals surface area (Å²) >= 11 is 0. The van der Waals surface area contributed by atoms with E-state index >= 15 is 0 Å². The molecule has 0 aliphatic carbocycles. The molecule has 0 bridgehead atoms. The minimum atomic E-state index is -0.314. The summed E-state index contributed by atoms with van der Waals surface area (Å²) in [5.41, 5.74) is 7.43. The van der Waals surface area contributed by atoms with Crippen LogP contribution in [0.15, 0.2) is 53.5 Å². The number of aliphatic imine (C=N–C) groups is 1. The molecule has 2 aromatic rings. The first kappa shape index (κ1) is 12.6. The third kappa shape index (κ3) is 2.22. The third-order valence-electron chi connectivity index (χ3n) is 3.32. The van der Waals surface area contributed by atoms with E-state index in [0.29, 0.717) is 12.5 Å². The summed E-state index contributed by atoms with van der Waals surface area (Å²) in [7, 11) is 0. The Labute approximate surface area is 115 Å². The summed E-state index contributed by atoms with van der Waals surface area (Å²) in [5.74, 6) is -0.261. The number of benzene rings is 2. The van der Waals surface area contributed by atoms with Gasteiger partial charge in [-0.05, 0) is 42.0 Å². The highest BCUT2D eigenvalue weighted by molar-refractivity contribution is 5.97. The SMILES string of the molecule is NC1=NCC(c2cccc(F)c2)N1c1ccc(F)cc1. The van der Waals surface area contributed by atoms with Gasteiger partial charge in [-0.15, -0.1) is 0 Å². The smallest absolute Gasteiger partial charge is 0.196 e. The Bertz CT molecular complexity index is 652. The number of halogens is 2. The summed E-state index contributed by atoms with van der Waals surface area (Å²) < 4.78 is 26.4. The third-order valence-corrected chi connectivity index (χ3v) is 3.32. The molecule has 0 aromatic heterocycles. The lowest BCUT2D eigenvalue weighted by Gasteiger charge is -2.26. The van der Waals surface area contributed by atoms with Crippen molar-refractivity contribution in [1.82, 2.24) is 0 Å². The molecule has 1 aliphatic rings. The van der Waals surface area contributed by atoms with E-state index in [4.69, 9.17) is 5.73 Å². The van der Waals surface area contributed by atoms with Crippen LogP contribution >= 0.6 is 0 Å². The van der Waals surface area contributed by atoms with Crippen molar-refractivity contribution in [3.05, 3.63) is 65.7 Å². The minimum Gasteiger partial charge on any atom is -0.369 e. The maximum Gasteiger partial charge on any atom is 0.196 e. The molecule has 0 amide bonds. The highest BCUT2D eigenvalue weighted by atomic mass is 19.1. The van der Waals surface area contributed by atoms with Gasteiger partial charge in [0.05, 0.1) is 12.6 Å². The fourth-order valence-electron chi connectivity index (χ4n) is 2.38. The van der Waals surface area contributed by atoms with Crippen LogP contribution in [-0.4, -0.2) is 12.5 Å². The van der Waals surface area contributed by atoms with E-state index in [1.54, 1.807) is 23.1 Å². The van der Waals surface area contributed by atoms with Crippen LogP contribution in [0.25, 0.3) is 0 Å². The molecule has 3 rings (SSSR count). The zero-order valence-corrected chi connectivity index (χ0v) is 10.6. The van der Waals surface area contributed by atoms with Gasteiger partial charge in [-0.1, -0.05) is 12.1 Å².